The van der Waals surface area contributed by atoms with Crippen molar-refractivity contribution in [2.45, 2.75) is 11.8 Å². The summed E-state index contributed by atoms with van der Waals surface area (Å²) in [5, 5.41) is 0. The number of benzene rings is 1. The molecule has 0 N–H and O–H groups in total. The summed E-state index contributed by atoms with van der Waals surface area (Å²) in [7, 11) is 0. The molecule has 0 saturated carbocycles. The largest absolute Gasteiger partial charge is 0.275 e. The standard InChI is InChI=1S/C10H11NS/c1-10(11-7-8-12-10)9-5-3-2-4-6-9/h2-7H,8H2,1H3. The molecule has 0 saturated heterocycles. The van der Waals surface area contributed by atoms with E-state index in [0.717, 1.165) is 5.75 Å². The molecule has 1 aliphatic rings. The Morgan fingerprint density at radius 2 is 2.08 bits per heavy atom. The molecule has 1 aliphatic heterocycles. The average molecular weight is 177 g/mol. The van der Waals surface area contributed by atoms with Gasteiger partial charge in [-0.2, -0.15) is 0 Å². The Bertz CT molecular complexity index is 294. The first-order valence-corrected chi connectivity index (χ1v) is 5.03. The molecule has 0 radical (unpaired) electrons. The molecule has 62 valence electrons. The molecule has 0 aromatic heterocycles. The summed E-state index contributed by atoms with van der Waals surface area (Å²) in [4.78, 5) is 4.45. The molecule has 0 aliphatic carbocycles. The van der Waals surface area contributed by atoms with Crippen LogP contribution in [0.4, 0.5) is 0 Å². The van der Waals surface area contributed by atoms with Gasteiger partial charge in [0.1, 0.15) is 4.87 Å². The molecule has 1 heterocycles. The number of rotatable bonds is 1. The van der Waals surface area contributed by atoms with E-state index in [9.17, 15) is 0 Å². The third kappa shape index (κ3) is 1.27. The minimum Gasteiger partial charge on any atom is -0.275 e. The van der Waals surface area contributed by atoms with Gasteiger partial charge in [-0.25, -0.2) is 0 Å². The summed E-state index contributed by atoms with van der Waals surface area (Å²) in [5.41, 5.74) is 1.30. The lowest BCUT2D eigenvalue weighted by atomic mass is 10.1. The Labute approximate surface area is 76.9 Å². The van der Waals surface area contributed by atoms with Gasteiger partial charge < -0.3 is 0 Å². The lowest BCUT2D eigenvalue weighted by Crippen LogP contribution is -2.10. The number of nitrogens with zero attached hydrogens (tertiary/aromatic N) is 1. The van der Waals surface area contributed by atoms with Crippen LogP contribution in [0.1, 0.15) is 12.5 Å². The van der Waals surface area contributed by atoms with Crippen molar-refractivity contribution in [2.24, 2.45) is 4.99 Å². The van der Waals surface area contributed by atoms with E-state index >= 15 is 0 Å². The Kier molecular flexibility index (Phi) is 1.93. The Hall–Kier alpha value is -0.760. The van der Waals surface area contributed by atoms with Crippen molar-refractivity contribution >= 4 is 18.0 Å². The molecule has 2 rings (SSSR count). The average Bonchev–Trinajstić information content (AvgIpc) is 2.55. The van der Waals surface area contributed by atoms with Crippen molar-refractivity contribution in [2.75, 3.05) is 5.75 Å². The third-order valence-corrected chi connectivity index (χ3v) is 3.30. The van der Waals surface area contributed by atoms with Crippen LogP contribution >= 0.6 is 11.8 Å². The molecule has 1 nitrogen and oxygen atoms in total. The fourth-order valence-electron chi connectivity index (χ4n) is 1.35. The van der Waals surface area contributed by atoms with Gasteiger partial charge in [-0.15, -0.1) is 11.8 Å². The second-order valence-corrected chi connectivity index (χ2v) is 4.39. The van der Waals surface area contributed by atoms with Gasteiger partial charge in [0.2, 0.25) is 0 Å². The van der Waals surface area contributed by atoms with Crippen molar-refractivity contribution in [1.82, 2.24) is 0 Å². The summed E-state index contributed by atoms with van der Waals surface area (Å²) in [5.74, 6) is 1.03. The van der Waals surface area contributed by atoms with E-state index in [2.05, 4.69) is 36.2 Å². The Balaban J connectivity index is 2.36. The van der Waals surface area contributed by atoms with Gasteiger partial charge in [0, 0.05) is 12.0 Å². The normalized spacial score (nSPS) is 27.8. The monoisotopic (exact) mass is 177 g/mol. The highest BCUT2D eigenvalue weighted by Gasteiger charge is 2.27. The summed E-state index contributed by atoms with van der Waals surface area (Å²) in [6, 6.07) is 10.4. The maximum absolute atomic E-state index is 4.48. The highest BCUT2D eigenvalue weighted by atomic mass is 32.2. The summed E-state index contributed by atoms with van der Waals surface area (Å²) >= 11 is 1.88. The first kappa shape index (κ1) is 7.87. The van der Waals surface area contributed by atoms with Crippen LogP contribution < -0.4 is 0 Å². The van der Waals surface area contributed by atoms with E-state index in [-0.39, 0.29) is 4.87 Å². The molecular weight excluding hydrogens is 166 g/mol. The van der Waals surface area contributed by atoms with Gasteiger partial charge >= 0.3 is 0 Å². The second-order valence-electron chi connectivity index (χ2n) is 2.97. The van der Waals surface area contributed by atoms with Crippen LogP contribution in [0.2, 0.25) is 0 Å². The van der Waals surface area contributed by atoms with Crippen molar-refractivity contribution in [3.63, 3.8) is 0 Å². The molecule has 1 aromatic carbocycles. The van der Waals surface area contributed by atoms with Crippen molar-refractivity contribution < 1.29 is 0 Å². The molecule has 0 bridgehead atoms. The topological polar surface area (TPSA) is 12.4 Å². The van der Waals surface area contributed by atoms with Gasteiger partial charge in [-0.05, 0) is 12.5 Å². The zero-order chi connectivity index (χ0) is 8.44. The molecule has 0 amide bonds. The SMILES string of the molecule is CC1(c2ccccc2)N=CCS1. The lowest BCUT2D eigenvalue weighted by molar-refractivity contribution is 0.755. The highest BCUT2D eigenvalue weighted by Crippen LogP contribution is 2.39. The van der Waals surface area contributed by atoms with Crippen LogP contribution in [0.25, 0.3) is 0 Å². The van der Waals surface area contributed by atoms with E-state index in [1.807, 2.05) is 24.0 Å². The van der Waals surface area contributed by atoms with Crippen molar-refractivity contribution in [1.29, 1.82) is 0 Å². The number of hydrogen-bond donors (Lipinski definition) is 0. The van der Waals surface area contributed by atoms with Crippen LogP contribution in [0.15, 0.2) is 35.3 Å². The minimum absolute atomic E-state index is 0.0265. The first-order chi connectivity index (χ1) is 5.81. The predicted molar refractivity (Wildman–Crippen MR) is 54.7 cm³/mol. The van der Waals surface area contributed by atoms with Crippen LogP contribution in [-0.4, -0.2) is 12.0 Å². The van der Waals surface area contributed by atoms with Gasteiger partial charge in [0.25, 0.3) is 0 Å². The molecule has 0 fully saturated rings. The van der Waals surface area contributed by atoms with E-state index in [1.54, 1.807) is 0 Å². The molecule has 0 spiro atoms. The second kappa shape index (κ2) is 2.94. The summed E-state index contributed by atoms with van der Waals surface area (Å²) < 4.78 is 0. The number of hydrogen-bond acceptors (Lipinski definition) is 2. The quantitative estimate of drug-likeness (QED) is 0.642. The van der Waals surface area contributed by atoms with Crippen molar-refractivity contribution in [3.05, 3.63) is 35.9 Å². The minimum atomic E-state index is -0.0265. The fraction of sp³-hybridized carbons (Fsp3) is 0.300. The molecule has 1 unspecified atom stereocenters. The van der Waals surface area contributed by atoms with Crippen LogP contribution in [0.5, 0.6) is 0 Å². The summed E-state index contributed by atoms with van der Waals surface area (Å²) in [6.07, 6.45) is 2.00. The van der Waals surface area contributed by atoms with Gasteiger partial charge in [-0.3, -0.25) is 4.99 Å². The van der Waals surface area contributed by atoms with Gasteiger partial charge in [0.05, 0.1) is 0 Å². The number of thioether (sulfide) groups is 1. The number of aliphatic imine (C=N–C) groups is 1. The molecule has 2 heteroatoms. The first-order valence-electron chi connectivity index (χ1n) is 4.04. The van der Waals surface area contributed by atoms with Crippen LogP contribution in [0, 0.1) is 0 Å². The molecule has 12 heavy (non-hydrogen) atoms. The smallest absolute Gasteiger partial charge is 0.128 e. The molecule has 1 atom stereocenters. The van der Waals surface area contributed by atoms with E-state index in [4.69, 9.17) is 0 Å². The van der Waals surface area contributed by atoms with Gasteiger partial charge in [0.15, 0.2) is 0 Å². The third-order valence-electron chi connectivity index (χ3n) is 2.09. The van der Waals surface area contributed by atoms with Gasteiger partial charge in [-0.1, -0.05) is 30.3 Å². The highest BCUT2D eigenvalue weighted by molar-refractivity contribution is 8.01. The van der Waals surface area contributed by atoms with Crippen LogP contribution in [-0.2, 0) is 4.87 Å². The van der Waals surface area contributed by atoms with E-state index in [0.29, 0.717) is 0 Å². The predicted octanol–water partition coefficient (Wildman–Crippen LogP) is 2.68. The zero-order valence-electron chi connectivity index (χ0n) is 7.03. The summed E-state index contributed by atoms with van der Waals surface area (Å²) in [6.45, 7) is 2.16. The van der Waals surface area contributed by atoms with Crippen LogP contribution in [0.3, 0.4) is 0 Å². The molecular formula is C10H11NS. The maximum atomic E-state index is 4.48. The van der Waals surface area contributed by atoms with Crippen molar-refractivity contribution in [3.8, 4) is 0 Å². The Morgan fingerprint density at radius 1 is 1.33 bits per heavy atom. The maximum Gasteiger partial charge on any atom is 0.128 e. The lowest BCUT2D eigenvalue weighted by Gasteiger charge is -2.19. The zero-order valence-corrected chi connectivity index (χ0v) is 7.84. The van der Waals surface area contributed by atoms with E-state index in [1.165, 1.54) is 5.56 Å². The molecule has 1 aromatic rings. The Morgan fingerprint density at radius 3 is 2.67 bits per heavy atom. The fourth-order valence-corrected chi connectivity index (χ4v) is 2.28. The van der Waals surface area contributed by atoms with E-state index < -0.39 is 0 Å².